The molecule has 0 unspecified atom stereocenters. The van der Waals surface area contributed by atoms with Crippen LogP contribution in [-0.2, 0) is 0 Å². The summed E-state index contributed by atoms with van der Waals surface area (Å²) in [6.07, 6.45) is 3.16. The number of methoxy groups -OCH3 is 1. The number of aromatic nitrogens is 3. The van der Waals surface area contributed by atoms with Crippen LogP contribution in [0, 0.1) is 0 Å². The predicted octanol–water partition coefficient (Wildman–Crippen LogP) is 1.25. The first-order valence-electron chi connectivity index (χ1n) is 4.77. The molecule has 0 saturated heterocycles. The minimum absolute atomic E-state index is 0.108. The van der Waals surface area contributed by atoms with E-state index < -0.39 is 5.97 Å². The lowest BCUT2D eigenvalue weighted by Gasteiger charge is -2.04. The lowest BCUT2D eigenvalue weighted by Crippen LogP contribution is -2.04. The van der Waals surface area contributed by atoms with Crippen molar-refractivity contribution in [2.24, 2.45) is 0 Å². The van der Waals surface area contributed by atoms with Gasteiger partial charge in [0.1, 0.15) is 0 Å². The molecule has 0 saturated carbocycles. The highest BCUT2D eigenvalue weighted by molar-refractivity contribution is 5.86. The molecule has 0 spiro atoms. The molecule has 0 bridgehead atoms. The van der Waals surface area contributed by atoms with Crippen molar-refractivity contribution in [1.82, 2.24) is 15.0 Å². The molecule has 0 fully saturated rings. The Balaban J connectivity index is 2.54. The van der Waals surface area contributed by atoms with Crippen LogP contribution in [0.1, 0.15) is 10.5 Å². The van der Waals surface area contributed by atoms with E-state index in [0.29, 0.717) is 11.4 Å². The summed E-state index contributed by atoms with van der Waals surface area (Å²) < 4.78 is 4.94. The van der Waals surface area contributed by atoms with Gasteiger partial charge in [0.25, 0.3) is 0 Å². The third kappa shape index (κ3) is 2.36. The van der Waals surface area contributed by atoms with Gasteiger partial charge >= 0.3 is 5.97 Å². The molecule has 0 radical (unpaired) electrons. The molecule has 0 atom stereocenters. The van der Waals surface area contributed by atoms with Gasteiger partial charge in [0.05, 0.1) is 7.11 Å². The zero-order valence-corrected chi connectivity index (χ0v) is 8.99. The highest BCUT2D eigenvalue weighted by Gasteiger charge is 2.11. The number of nitrogens with zero attached hydrogens (tertiary/aromatic N) is 3. The fourth-order valence-electron chi connectivity index (χ4n) is 1.27. The number of pyridine rings is 1. The second kappa shape index (κ2) is 4.56. The molecule has 1 N–H and O–H groups in total. The number of ether oxygens (including phenoxy) is 1. The molecule has 0 aliphatic carbocycles. The van der Waals surface area contributed by atoms with Crippen molar-refractivity contribution in [3.05, 3.63) is 36.3 Å². The first-order chi connectivity index (χ1) is 8.20. The Morgan fingerprint density at radius 1 is 1.29 bits per heavy atom. The van der Waals surface area contributed by atoms with Gasteiger partial charge in [-0.05, 0) is 12.1 Å². The third-order valence-electron chi connectivity index (χ3n) is 2.07. The number of carboxylic acid groups (broad SMARTS) is 1. The quantitative estimate of drug-likeness (QED) is 0.855. The van der Waals surface area contributed by atoms with Crippen LogP contribution in [0.4, 0.5) is 0 Å². The zero-order chi connectivity index (χ0) is 12.3. The van der Waals surface area contributed by atoms with Crippen LogP contribution in [0.15, 0.2) is 30.6 Å². The van der Waals surface area contributed by atoms with Crippen molar-refractivity contribution in [2.45, 2.75) is 0 Å². The summed E-state index contributed by atoms with van der Waals surface area (Å²) in [5.41, 5.74) is 0.574. The molecule has 0 aliphatic rings. The Hall–Kier alpha value is -2.50. The highest BCUT2D eigenvalue weighted by atomic mass is 16.5. The minimum atomic E-state index is -1.12. The third-order valence-corrected chi connectivity index (χ3v) is 2.07. The Kier molecular flexibility index (Phi) is 2.95. The second-order valence-corrected chi connectivity index (χ2v) is 3.16. The van der Waals surface area contributed by atoms with Gasteiger partial charge in [-0.3, -0.25) is 4.98 Å². The van der Waals surface area contributed by atoms with Gasteiger partial charge in [0.2, 0.25) is 5.88 Å². The van der Waals surface area contributed by atoms with Crippen LogP contribution in [-0.4, -0.2) is 33.1 Å². The summed E-state index contributed by atoms with van der Waals surface area (Å²) in [6, 6.07) is 4.66. The predicted molar refractivity (Wildman–Crippen MR) is 58.8 cm³/mol. The molecule has 0 amide bonds. The smallest absolute Gasteiger partial charge is 0.354 e. The van der Waals surface area contributed by atoms with Crippen LogP contribution in [0.2, 0.25) is 0 Å². The van der Waals surface area contributed by atoms with E-state index in [2.05, 4.69) is 15.0 Å². The van der Waals surface area contributed by atoms with Crippen LogP contribution < -0.4 is 4.74 Å². The number of carbonyl (C=O) groups is 1. The molecule has 2 aromatic heterocycles. The largest absolute Gasteiger partial charge is 0.481 e. The summed E-state index contributed by atoms with van der Waals surface area (Å²) in [5, 5.41) is 8.92. The van der Waals surface area contributed by atoms with Gasteiger partial charge in [-0.1, -0.05) is 0 Å². The van der Waals surface area contributed by atoms with E-state index in [4.69, 9.17) is 9.84 Å². The summed E-state index contributed by atoms with van der Waals surface area (Å²) in [4.78, 5) is 22.8. The van der Waals surface area contributed by atoms with Crippen LogP contribution >= 0.6 is 0 Å². The zero-order valence-electron chi connectivity index (χ0n) is 8.99. The van der Waals surface area contributed by atoms with E-state index in [9.17, 15) is 4.79 Å². The van der Waals surface area contributed by atoms with Crippen LogP contribution in [0.25, 0.3) is 11.4 Å². The highest BCUT2D eigenvalue weighted by Crippen LogP contribution is 2.18. The van der Waals surface area contributed by atoms with Crippen molar-refractivity contribution in [3.8, 4) is 17.3 Å². The van der Waals surface area contributed by atoms with Crippen molar-refractivity contribution in [3.63, 3.8) is 0 Å². The fraction of sp³-hybridized carbons (Fsp3) is 0.0909. The number of rotatable bonds is 3. The van der Waals surface area contributed by atoms with Gasteiger partial charge in [-0.2, -0.15) is 4.98 Å². The molecule has 0 aromatic carbocycles. The normalized spacial score (nSPS) is 9.94. The van der Waals surface area contributed by atoms with Gasteiger partial charge < -0.3 is 9.84 Å². The lowest BCUT2D eigenvalue weighted by molar-refractivity contribution is 0.0690. The summed E-state index contributed by atoms with van der Waals surface area (Å²) in [6.45, 7) is 0. The topological polar surface area (TPSA) is 85.2 Å². The average molecular weight is 231 g/mol. The number of carboxylic acids is 1. The molecule has 86 valence electrons. The SMILES string of the molecule is COc1cc(C(=O)O)nc(-c2ccncc2)n1. The standard InChI is InChI=1S/C11H9N3O3/c1-17-9-6-8(11(15)16)13-10(14-9)7-2-4-12-5-3-7/h2-6H,1H3,(H,15,16). The van der Waals surface area contributed by atoms with E-state index >= 15 is 0 Å². The number of hydrogen-bond donors (Lipinski definition) is 1. The van der Waals surface area contributed by atoms with E-state index in [0.717, 1.165) is 0 Å². The number of hydrogen-bond acceptors (Lipinski definition) is 5. The van der Waals surface area contributed by atoms with E-state index in [-0.39, 0.29) is 11.6 Å². The van der Waals surface area contributed by atoms with E-state index in [1.165, 1.54) is 13.2 Å². The van der Waals surface area contributed by atoms with E-state index in [1.807, 2.05) is 0 Å². The van der Waals surface area contributed by atoms with Gasteiger partial charge in [0, 0.05) is 24.0 Å². The van der Waals surface area contributed by atoms with Crippen molar-refractivity contribution in [1.29, 1.82) is 0 Å². The summed E-state index contributed by atoms with van der Waals surface area (Å²) in [7, 11) is 1.42. The number of aromatic carboxylic acids is 1. The molecule has 6 heteroatoms. The molecular formula is C11H9N3O3. The Labute approximate surface area is 96.9 Å². The Morgan fingerprint density at radius 2 is 2.00 bits per heavy atom. The van der Waals surface area contributed by atoms with Gasteiger partial charge in [-0.25, -0.2) is 9.78 Å². The van der Waals surface area contributed by atoms with Gasteiger partial charge in [-0.15, -0.1) is 0 Å². The molecule has 0 aliphatic heterocycles. The second-order valence-electron chi connectivity index (χ2n) is 3.16. The molecule has 17 heavy (non-hydrogen) atoms. The monoisotopic (exact) mass is 231 g/mol. The average Bonchev–Trinajstić information content (AvgIpc) is 2.39. The maximum absolute atomic E-state index is 10.9. The van der Waals surface area contributed by atoms with Gasteiger partial charge in [0.15, 0.2) is 11.5 Å². The molecule has 2 heterocycles. The van der Waals surface area contributed by atoms with Crippen molar-refractivity contribution < 1.29 is 14.6 Å². The van der Waals surface area contributed by atoms with Crippen molar-refractivity contribution >= 4 is 5.97 Å². The molecule has 2 rings (SSSR count). The maximum atomic E-state index is 10.9. The minimum Gasteiger partial charge on any atom is -0.481 e. The first-order valence-corrected chi connectivity index (χ1v) is 4.77. The molecule has 6 nitrogen and oxygen atoms in total. The Morgan fingerprint density at radius 3 is 2.59 bits per heavy atom. The summed E-state index contributed by atoms with van der Waals surface area (Å²) >= 11 is 0. The first kappa shape index (κ1) is 11.0. The maximum Gasteiger partial charge on any atom is 0.354 e. The van der Waals surface area contributed by atoms with Crippen molar-refractivity contribution in [2.75, 3.05) is 7.11 Å². The Bertz CT molecular complexity index is 543. The van der Waals surface area contributed by atoms with Crippen LogP contribution in [0.5, 0.6) is 5.88 Å². The molecule has 2 aromatic rings. The lowest BCUT2D eigenvalue weighted by atomic mass is 10.2. The fourth-order valence-corrected chi connectivity index (χ4v) is 1.27. The van der Waals surface area contributed by atoms with E-state index in [1.54, 1.807) is 24.5 Å². The molecular weight excluding hydrogens is 222 g/mol. The summed E-state index contributed by atoms with van der Waals surface area (Å²) in [5.74, 6) is -0.616. The van der Waals surface area contributed by atoms with Crippen LogP contribution in [0.3, 0.4) is 0 Å².